The summed E-state index contributed by atoms with van der Waals surface area (Å²) in [5.41, 5.74) is 0.775. The molecule has 0 radical (unpaired) electrons. The van der Waals surface area contributed by atoms with Gasteiger partial charge in [0.25, 0.3) is 0 Å². The summed E-state index contributed by atoms with van der Waals surface area (Å²) in [6.45, 7) is 9.98. The maximum atomic E-state index is 13.0. The number of hydrogen-bond donors (Lipinski definition) is 1. The van der Waals surface area contributed by atoms with Crippen molar-refractivity contribution in [1.29, 1.82) is 0 Å². The second-order valence-electron chi connectivity index (χ2n) is 9.31. The average Bonchev–Trinajstić information content (AvgIpc) is 3.16. The van der Waals surface area contributed by atoms with Crippen molar-refractivity contribution in [3.05, 3.63) is 54.2 Å². The molecule has 0 unspecified atom stereocenters. The van der Waals surface area contributed by atoms with Crippen molar-refractivity contribution in [2.45, 2.75) is 57.6 Å². The largest absolute Gasteiger partial charge is 0.486 e. The van der Waals surface area contributed by atoms with Crippen LogP contribution in [0.3, 0.4) is 0 Å². The lowest BCUT2D eigenvalue weighted by Gasteiger charge is -2.35. The number of anilines is 1. The summed E-state index contributed by atoms with van der Waals surface area (Å²) in [4.78, 5) is 21.9. The van der Waals surface area contributed by atoms with Gasteiger partial charge in [0.2, 0.25) is 0 Å². The summed E-state index contributed by atoms with van der Waals surface area (Å²) in [6, 6.07) is 14.4. The van der Waals surface area contributed by atoms with Gasteiger partial charge in [-0.2, -0.15) is 0 Å². The van der Waals surface area contributed by atoms with E-state index in [2.05, 4.69) is 42.0 Å². The zero-order valence-electron chi connectivity index (χ0n) is 18.9. The molecule has 6 heteroatoms. The molecule has 1 aromatic carbocycles. The highest BCUT2D eigenvalue weighted by Gasteiger charge is 2.38. The van der Waals surface area contributed by atoms with Crippen LogP contribution in [0.5, 0.6) is 5.75 Å². The Morgan fingerprint density at radius 1 is 1.13 bits per heavy atom. The van der Waals surface area contributed by atoms with E-state index in [4.69, 9.17) is 4.74 Å². The molecule has 1 aromatic heterocycles. The van der Waals surface area contributed by atoms with Crippen LogP contribution >= 0.6 is 0 Å². The van der Waals surface area contributed by atoms with Gasteiger partial charge in [-0.3, -0.25) is 5.32 Å². The van der Waals surface area contributed by atoms with Crippen molar-refractivity contribution in [3.63, 3.8) is 0 Å². The molecule has 31 heavy (non-hydrogen) atoms. The Balaban J connectivity index is 1.38. The number of pyridine rings is 1. The van der Waals surface area contributed by atoms with Gasteiger partial charge in [0.05, 0.1) is 6.54 Å². The smallest absolute Gasteiger partial charge is 0.323 e. The van der Waals surface area contributed by atoms with Crippen LogP contribution in [-0.2, 0) is 0 Å². The zero-order valence-corrected chi connectivity index (χ0v) is 18.9. The molecule has 0 saturated carbocycles. The van der Waals surface area contributed by atoms with Gasteiger partial charge < -0.3 is 14.5 Å². The molecular formula is C25H34N4O2. The first-order valence-electron chi connectivity index (χ1n) is 11.4. The fourth-order valence-corrected chi connectivity index (χ4v) is 4.72. The molecule has 3 heterocycles. The van der Waals surface area contributed by atoms with Gasteiger partial charge in [0, 0.05) is 25.2 Å². The Kier molecular flexibility index (Phi) is 6.46. The first-order valence-corrected chi connectivity index (χ1v) is 11.4. The monoisotopic (exact) mass is 422 g/mol. The van der Waals surface area contributed by atoms with Crippen LogP contribution in [0.25, 0.3) is 0 Å². The third-order valence-electron chi connectivity index (χ3n) is 6.59. The lowest BCUT2D eigenvalue weighted by molar-refractivity contribution is 0.100. The summed E-state index contributed by atoms with van der Waals surface area (Å²) in [5.74, 6) is 1.98. The molecule has 0 bridgehead atoms. The Labute approximate surface area is 185 Å². The van der Waals surface area contributed by atoms with Crippen LogP contribution in [-0.4, -0.2) is 58.6 Å². The number of para-hydroxylation sites is 1. The number of carbonyl (C=O) groups excluding carboxylic acids is 1. The Hall–Kier alpha value is -2.60. The van der Waals surface area contributed by atoms with E-state index in [0.717, 1.165) is 43.7 Å². The van der Waals surface area contributed by atoms with Crippen LogP contribution in [0, 0.1) is 0 Å². The normalized spacial score (nSPS) is 22.6. The molecule has 0 aliphatic carbocycles. The van der Waals surface area contributed by atoms with E-state index in [0.29, 0.717) is 30.9 Å². The predicted octanol–water partition coefficient (Wildman–Crippen LogP) is 4.74. The SMILES string of the molecule is CC(C)N1CCC(c2cccnc2NC(=O)N2CC[C@@](C)(Oc3ccccc3)C2)CC1. The van der Waals surface area contributed by atoms with Crippen molar-refractivity contribution < 1.29 is 9.53 Å². The number of rotatable bonds is 5. The van der Waals surface area contributed by atoms with E-state index >= 15 is 0 Å². The van der Waals surface area contributed by atoms with Gasteiger partial charge >= 0.3 is 6.03 Å². The number of amides is 2. The maximum absolute atomic E-state index is 13.0. The minimum Gasteiger partial charge on any atom is -0.486 e. The summed E-state index contributed by atoms with van der Waals surface area (Å²) in [7, 11) is 0. The van der Waals surface area contributed by atoms with E-state index in [9.17, 15) is 4.79 Å². The number of piperidine rings is 1. The molecule has 1 N–H and O–H groups in total. The van der Waals surface area contributed by atoms with Crippen molar-refractivity contribution in [2.75, 3.05) is 31.5 Å². The summed E-state index contributed by atoms with van der Waals surface area (Å²) in [5, 5.41) is 3.09. The molecule has 1 atom stereocenters. The molecule has 2 aliphatic heterocycles. The fourth-order valence-electron chi connectivity index (χ4n) is 4.72. The van der Waals surface area contributed by atoms with E-state index in [1.54, 1.807) is 6.20 Å². The van der Waals surface area contributed by atoms with Crippen LogP contribution in [0.1, 0.15) is 51.5 Å². The number of benzene rings is 1. The third-order valence-corrected chi connectivity index (χ3v) is 6.59. The molecule has 4 rings (SSSR count). The van der Waals surface area contributed by atoms with Crippen LogP contribution < -0.4 is 10.1 Å². The van der Waals surface area contributed by atoms with Crippen LogP contribution in [0.15, 0.2) is 48.7 Å². The zero-order chi connectivity index (χ0) is 21.8. The molecule has 2 fully saturated rings. The van der Waals surface area contributed by atoms with Gasteiger partial charge in [0.15, 0.2) is 0 Å². The molecule has 2 aliphatic rings. The number of hydrogen-bond acceptors (Lipinski definition) is 4. The Bertz CT molecular complexity index is 880. The number of ether oxygens (including phenoxy) is 1. The second kappa shape index (κ2) is 9.27. The minimum absolute atomic E-state index is 0.0973. The highest BCUT2D eigenvalue weighted by Crippen LogP contribution is 2.33. The highest BCUT2D eigenvalue weighted by molar-refractivity contribution is 5.89. The number of urea groups is 1. The second-order valence-corrected chi connectivity index (χ2v) is 9.31. The Morgan fingerprint density at radius 3 is 2.58 bits per heavy atom. The summed E-state index contributed by atoms with van der Waals surface area (Å²) < 4.78 is 6.20. The molecule has 0 spiro atoms. The first-order chi connectivity index (χ1) is 14.9. The minimum atomic E-state index is -0.380. The van der Waals surface area contributed by atoms with Gasteiger partial charge in [-0.1, -0.05) is 24.3 Å². The molecule has 6 nitrogen and oxygen atoms in total. The van der Waals surface area contributed by atoms with E-state index < -0.39 is 0 Å². The van der Waals surface area contributed by atoms with Gasteiger partial charge in [-0.15, -0.1) is 0 Å². The van der Waals surface area contributed by atoms with Crippen molar-refractivity contribution >= 4 is 11.8 Å². The van der Waals surface area contributed by atoms with E-state index in [1.165, 1.54) is 0 Å². The van der Waals surface area contributed by atoms with Crippen LogP contribution in [0.2, 0.25) is 0 Å². The standard InChI is InChI=1S/C25H34N4O2/c1-19(2)28-15-11-20(12-16-28)22-10-7-14-26-23(22)27-24(30)29-17-13-25(3,18-29)31-21-8-5-4-6-9-21/h4-10,14,19-20H,11-13,15-18H2,1-3H3,(H,26,27,30)/t25-/m1/s1. The number of nitrogens with zero attached hydrogens (tertiary/aromatic N) is 3. The molecular weight excluding hydrogens is 388 g/mol. The summed E-state index contributed by atoms with van der Waals surface area (Å²) >= 11 is 0. The van der Waals surface area contributed by atoms with Crippen LogP contribution in [0.4, 0.5) is 10.6 Å². The molecule has 2 saturated heterocycles. The first kappa shape index (κ1) is 21.6. The maximum Gasteiger partial charge on any atom is 0.323 e. The lowest BCUT2D eigenvalue weighted by atomic mass is 9.89. The van der Waals surface area contributed by atoms with Crippen molar-refractivity contribution in [2.24, 2.45) is 0 Å². The van der Waals surface area contributed by atoms with Crippen molar-refractivity contribution in [1.82, 2.24) is 14.8 Å². The number of carbonyl (C=O) groups is 1. The molecule has 166 valence electrons. The average molecular weight is 423 g/mol. The quantitative estimate of drug-likeness (QED) is 0.756. The van der Waals surface area contributed by atoms with Gasteiger partial charge in [-0.05, 0) is 76.4 Å². The predicted molar refractivity (Wildman–Crippen MR) is 124 cm³/mol. The Morgan fingerprint density at radius 2 is 1.87 bits per heavy atom. The van der Waals surface area contributed by atoms with E-state index in [1.807, 2.05) is 41.3 Å². The third kappa shape index (κ3) is 5.18. The highest BCUT2D eigenvalue weighted by atomic mass is 16.5. The molecule has 2 aromatic rings. The van der Waals surface area contributed by atoms with Gasteiger partial charge in [0.1, 0.15) is 17.2 Å². The van der Waals surface area contributed by atoms with Crippen molar-refractivity contribution in [3.8, 4) is 5.75 Å². The lowest BCUT2D eigenvalue weighted by Crippen LogP contribution is -2.40. The number of aromatic nitrogens is 1. The molecule has 2 amide bonds. The van der Waals surface area contributed by atoms with E-state index in [-0.39, 0.29) is 11.6 Å². The number of likely N-dealkylation sites (tertiary alicyclic amines) is 2. The topological polar surface area (TPSA) is 57.7 Å². The number of nitrogens with one attached hydrogen (secondary N) is 1. The fraction of sp³-hybridized carbons (Fsp3) is 0.520. The summed E-state index contributed by atoms with van der Waals surface area (Å²) in [6.07, 6.45) is 4.76. The van der Waals surface area contributed by atoms with Gasteiger partial charge in [-0.25, -0.2) is 9.78 Å².